The molecule has 1 unspecified atom stereocenters. The monoisotopic (exact) mass is 372 g/mol. The highest BCUT2D eigenvalue weighted by molar-refractivity contribution is 9.10. The Balaban J connectivity index is 2.51. The highest BCUT2D eigenvalue weighted by Gasteiger charge is 2.19. The van der Waals surface area contributed by atoms with Gasteiger partial charge in [0.2, 0.25) is 0 Å². The molecule has 0 saturated heterocycles. The third-order valence-electron chi connectivity index (χ3n) is 2.79. The lowest BCUT2D eigenvalue weighted by Crippen LogP contribution is -2.04. The van der Waals surface area contributed by atoms with Crippen molar-refractivity contribution in [3.63, 3.8) is 0 Å². The van der Waals surface area contributed by atoms with Crippen molar-refractivity contribution < 1.29 is 9.50 Å². The molecule has 0 heterocycles. The van der Waals surface area contributed by atoms with Crippen LogP contribution in [0.1, 0.15) is 22.8 Å². The Kier molecular flexibility index (Phi) is 4.20. The van der Waals surface area contributed by atoms with Gasteiger partial charge in [-0.25, -0.2) is 4.39 Å². The van der Waals surface area contributed by atoms with Crippen LogP contribution in [0.2, 0.25) is 0 Å². The Morgan fingerprint density at radius 2 is 1.67 bits per heavy atom. The second-order valence-corrected chi connectivity index (χ2v) is 5.67. The molecule has 0 bridgehead atoms. The summed E-state index contributed by atoms with van der Waals surface area (Å²) in [7, 11) is 0. The molecule has 18 heavy (non-hydrogen) atoms. The first-order chi connectivity index (χ1) is 8.52. The molecular formula is C14H11Br2FO. The molecule has 1 atom stereocenters. The van der Waals surface area contributed by atoms with Gasteiger partial charge >= 0.3 is 0 Å². The first kappa shape index (κ1) is 13.7. The van der Waals surface area contributed by atoms with Crippen LogP contribution >= 0.6 is 31.9 Å². The highest BCUT2D eigenvalue weighted by atomic mass is 79.9. The summed E-state index contributed by atoms with van der Waals surface area (Å²) >= 11 is 6.55. The summed E-state index contributed by atoms with van der Waals surface area (Å²) in [6, 6.07) is 10.4. The quantitative estimate of drug-likeness (QED) is 0.805. The number of aliphatic hydroxyl groups excluding tert-OH is 1. The molecule has 0 saturated carbocycles. The zero-order valence-electron chi connectivity index (χ0n) is 9.62. The Hall–Kier alpha value is -0.710. The number of hydrogen-bond acceptors (Lipinski definition) is 1. The van der Waals surface area contributed by atoms with E-state index in [-0.39, 0.29) is 5.56 Å². The lowest BCUT2D eigenvalue weighted by molar-refractivity contribution is 0.214. The minimum absolute atomic E-state index is 0.260. The Bertz CT molecular complexity index is 533. The van der Waals surface area contributed by atoms with E-state index < -0.39 is 11.9 Å². The van der Waals surface area contributed by atoms with Crippen LogP contribution < -0.4 is 0 Å². The van der Waals surface area contributed by atoms with Crippen LogP contribution in [0.25, 0.3) is 0 Å². The fourth-order valence-corrected chi connectivity index (χ4v) is 2.64. The van der Waals surface area contributed by atoms with E-state index in [1.807, 2.05) is 19.1 Å². The Labute approximate surface area is 122 Å². The average Bonchev–Trinajstić information content (AvgIpc) is 2.35. The van der Waals surface area contributed by atoms with Gasteiger partial charge in [-0.3, -0.25) is 0 Å². The van der Waals surface area contributed by atoms with Crippen LogP contribution in [-0.4, -0.2) is 5.11 Å². The maximum Gasteiger partial charge on any atom is 0.143 e. The first-order valence-electron chi connectivity index (χ1n) is 5.39. The fraction of sp³-hybridized carbons (Fsp3) is 0.143. The molecule has 0 spiro atoms. The molecule has 0 aliphatic heterocycles. The Morgan fingerprint density at radius 3 is 2.39 bits per heavy atom. The van der Waals surface area contributed by atoms with E-state index in [0.29, 0.717) is 10.0 Å². The second kappa shape index (κ2) is 5.51. The largest absolute Gasteiger partial charge is 0.384 e. The summed E-state index contributed by atoms with van der Waals surface area (Å²) in [6.07, 6.45) is -0.989. The standard InChI is InChI=1S/C14H11Br2FO/c1-8-4-2-5-9(12(8)16)14(18)10-6-3-7-11(15)13(10)17/h2-7,14,18H,1H3. The van der Waals surface area contributed by atoms with E-state index in [9.17, 15) is 9.50 Å². The van der Waals surface area contributed by atoms with E-state index in [0.717, 1.165) is 10.0 Å². The minimum Gasteiger partial charge on any atom is -0.384 e. The van der Waals surface area contributed by atoms with Crippen molar-refractivity contribution in [3.8, 4) is 0 Å². The molecule has 0 fully saturated rings. The molecule has 0 amide bonds. The molecule has 2 aromatic carbocycles. The van der Waals surface area contributed by atoms with Gasteiger partial charge < -0.3 is 5.11 Å². The topological polar surface area (TPSA) is 20.2 Å². The van der Waals surface area contributed by atoms with E-state index in [1.165, 1.54) is 0 Å². The molecular weight excluding hydrogens is 363 g/mol. The van der Waals surface area contributed by atoms with Gasteiger partial charge in [-0.15, -0.1) is 0 Å². The zero-order chi connectivity index (χ0) is 13.3. The fourth-order valence-electron chi connectivity index (χ4n) is 1.78. The lowest BCUT2D eigenvalue weighted by atomic mass is 9.99. The molecule has 2 rings (SSSR count). The van der Waals surface area contributed by atoms with Crippen molar-refractivity contribution >= 4 is 31.9 Å². The molecule has 0 radical (unpaired) electrons. The first-order valence-corrected chi connectivity index (χ1v) is 6.98. The van der Waals surface area contributed by atoms with Gasteiger partial charge in [0.1, 0.15) is 11.9 Å². The van der Waals surface area contributed by atoms with Crippen LogP contribution in [-0.2, 0) is 0 Å². The summed E-state index contributed by atoms with van der Waals surface area (Å²) in [4.78, 5) is 0. The van der Waals surface area contributed by atoms with Gasteiger partial charge in [-0.05, 0) is 40.0 Å². The molecule has 2 aromatic rings. The molecule has 1 N–H and O–H groups in total. The van der Waals surface area contributed by atoms with Gasteiger partial charge in [-0.2, -0.15) is 0 Å². The average molecular weight is 374 g/mol. The second-order valence-electron chi connectivity index (χ2n) is 4.02. The third-order valence-corrected chi connectivity index (χ3v) is 4.49. The molecule has 1 nitrogen and oxygen atoms in total. The summed E-state index contributed by atoms with van der Waals surface area (Å²) in [5, 5.41) is 10.3. The number of hydrogen-bond donors (Lipinski definition) is 1. The highest BCUT2D eigenvalue weighted by Crippen LogP contribution is 2.33. The minimum atomic E-state index is -0.989. The van der Waals surface area contributed by atoms with Crippen LogP contribution in [0.5, 0.6) is 0 Å². The van der Waals surface area contributed by atoms with Crippen molar-refractivity contribution in [2.45, 2.75) is 13.0 Å². The van der Waals surface area contributed by atoms with Gasteiger partial charge in [0.25, 0.3) is 0 Å². The summed E-state index contributed by atoms with van der Waals surface area (Å²) < 4.78 is 15.1. The lowest BCUT2D eigenvalue weighted by Gasteiger charge is -2.15. The zero-order valence-corrected chi connectivity index (χ0v) is 12.8. The van der Waals surface area contributed by atoms with E-state index in [4.69, 9.17) is 0 Å². The number of rotatable bonds is 2. The molecule has 0 aliphatic carbocycles. The van der Waals surface area contributed by atoms with Gasteiger partial charge in [-0.1, -0.05) is 46.3 Å². The van der Waals surface area contributed by atoms with Crippen molar-refractivity contribution in [1.29, 1.82) is 0 Å². The third kappa shape index (κ3) is 2.51. The number of benzene rings is 2. The molecule has 0 aromatic heterocycles. The predicted octanol–water partition coefficient (Wildman–Crippen LogP) is 4.74. The van der Waals surface area contributed by atoms with Crippen molar-refractivity contribution in [2.24, 2.45) is 0 Å². The Morgan fingerprint density at radius 1 is 1.06 bits per heavy atom. The maximum atomic E-state index is 13.9. The van der Waals surface area contributed by atoms with Crippen molar-refractivity contribution in [3.05, 3.63) is 67.9 Å². The van der Waals surface area contributed by atoms with E-state index in [1.54, 1.807) is 24.3 Å². The van der Waals surface area contributed by atoms with Crippen LogP contribution in [0.15, 0.2) is 45.3 Å². The van der Waals surface area contributed by atoms with Crippen LogP contribution in [0.4, 0.5) is 4.39 Å². The molecule has 4 heteroatoms. The smallest absolute Gasteiger partial charge is 0.143 e. The normalized spacial score (nSPS) is 12.5. The summed E-state index contributed by atoms with van der Waals surface area (Å²) in [5.74, 6) is -0.432. The van der Waals surface area contributed by atoms with Gasteiger partial charge in [0.15, 0.2) is 0 Å². The van der Waals surface area contributed by atoms with Gasteiger partial charge in [0, 0.05) is 10.0 Å². The van der Waals surface area contributed by atoms with E-state index >= 15 is 0 Å². The predicted molar refractivity (Wildman–Crippen MR) is 77.0 cm³/mol. The van der Waals surface area contributed by atoms with Crippen molar-refractivity contribution in [1.82, 2.24) is 0 Å². The number of aliphatic hydroxyl groups is 1. The number of halogens is 3. The molecule has 0 aliphatic rings. The van der Waals surface area contributed by atoms with Crippen LogP contribution in [0.3, 0.4) is 0 Å². The summed E-state index contributed by atoms with van der Waals surface area (Å²) in [6.45, 7) is 1.93. The molecule has 94 valence electrons. The van der Waals surface area contributed by atoms with Crippen molar-refractivity contribution in [2.75, 3.05) is 0 Å². The van der Waals surface area contributed by atoms with E-state index in [2.05, 4.69) is 31.9 Å². The number of aryl methyl sites for hydroxylation is 1. The van der Waals surface area contributed by atoms with Crippen LogP contribution in [0, 0.1) is 12.7 Å². The van der Waals surface area contributed by atoms with Gasteiger partial charge in [0.05, 0.1) is 4.47 Å². The maximum absolute atomic E-state index is 13.9. The summed E-state index contributed by atoms with van der Waals surface area (Å²) in [5.41, 5.74) is 1.92. The SMILES string of the molecule is Cc1cccc(C(O)c2cccc(Br)c2F)c1Br.